The molecule has 0 saturated heterocycles. The summed E-state index contributed by atoms with van der Waals surface area (Å²) in [6.07, 6.45) is -0.603. The van der Waals surface area contributed by atoms with Gasteiger partial charge in [-0.3, -0.25) is 4.79 Å². The minimum atomic E-state index is -3.12. The largest absolute Gasteiger partial charge is 0.480 e. The average Bonchev–Trinajstić information content (AvgIpc) is 2.44. The summed E-state index contributed by atoms with van der Waals surface area (Å²) in [4.78, 5) is 11.1. The smallest absolute Gasteiger partial charge is 0.321 e. The molecule has 0 radical (unpaired) electrons. The first kappa shape index (κ1) is 10.0. The number of hydrogen-bond donors (Lipinski definition) is 1. The van der Waals surface area contributed by atoms with E-state index in [0.717, 1.165) is 11.3 Å². The van der Waals surface area contributed by atoms with Crippen molar-refractivity contribution in [3.8, 4) is 0 Å². The van der Waals surface area contributed by atoms with Gasteiger partial charge < -0.3 is 5.11 Å². The van der Waals surface area contributed by atoms with Gasteiger partial charge in [-0.15, -0.1) is 11.3 Å². The third-order valence-corrected chi connectivity index (χ3v) is 4.36. The first-order valence-corrected chi connectivity index (χ1v) is 5.44. The van der Waals surface area contributed by atoms with Gasteiger partial charge in [0.1, 0.15) is 0 Å². The lowest BCUT2D eigenvalue weighted by Gasteiger charge is -2.09. The van der Waals surface area contributed by atoms with Crippen LogP contribution in [-0.2, 0) is 10.2 Å². The van der Waals surface area contributed by atoms with Gasteiger partial charge in [0.25, 0.3) is 5.92 Å². The van der Waals surface area contributed by atoms with Crippen LogP contribution >= 0.6 is 27.3 Å². The van der Waals surface area contributed by atoms with Crippen LogP contribution < -0.4 is 0 Å². The highest BCUT2D eigenvalue weighted by Crippen LogP contribution is 2.64. The fourth-order valence-electron chi connectivity index (χ4n) is 1.46. The molecule has 0 aromatic carbocycles. The van der Waals surface area contributed by atoms with E-state index in [1.807, 2.05) is 0 Å². The molecule has 1 N–H and O–H groups in total. The highest BCUT2D eigenvalue weighted by atomic mass is 79.9. The number of carboxylic acids is 1. The van der Waals surface area contributed by atoms with Crippen LogP contribution in [0.5, 0.6) is 0 Å². The minimum Gasteiger partial charge on any atom is -0.480 e. The molecule has 1 heterocycles. The third kappa shape index (κ3) is 1.07. The van der Waals surface area contributed by atoms with Gasteiger partial charge in [-0.2, -0.15) is 0 Å². The lowest BCUT2D eigenvalue weighted by molar-refractivity contribution is -0.142. The van der Waals surface area contributed by atoms with Crippen molar-refractivity contribution in [3.05, 3.63) is 20.8 Å². The van der Waals surface area contributed by atoms with Crippen molar-refractivity contribution in [3.63, 3.8) is 0 Å². The van der Waals surface area contributed by atoms with Gasteiger partial charge in [0.15, 0.2) is 5.41 Å². The monoisotopic (exact) mass is 282 g/mol. The van der Waals surface area contributed by atoms with Crippen molar-refractivity contribution < 1.29 is 18.7 Å². The molecular formula is C8H5BrF2O2S. The molecule has 2 rings (SSSR count). The summed E-state index contributed by atoms with van der Waals surface area (Å²) in [5.74, 6) is -4.57. The Morgan fingerprint density at radius 3 is 2.50 bits per heavy atom. The Bertz CT molecular complexity index is 404. The maximum absolute atomic E-state index is 13.1. The predicted molar refractivity (Wildman–Crippen MR) is 50.9 cm³/mol. The number of hydrogen-bond acceptors (Lipinski definition) is 2. The Morgan fingerprint density at radius 1 is 1.64 bits per heavy atom. The fourth-order valence-corrected chi connectivity index (χ4v) is 3.42. The van der Waals surface area contributed by atoms with Crippen LogP contribution in [0.1, 0.15) is 11.3 Å². The average molecular weight is 283 g/mol. The zero-order valence-electron chi connectivity index (χ0n) is 6.76. The van der Waals surface area contributed by atoms with Crippen LogP contribution in [-0.4, -0.2) is 17.0 Å². The normalized spacial score (nSPS) is 28.8. The second kappa shape index (κ2) is 2.76. The van der Waals surface area contributed by atoms with Crippen molar-refractivity contribution >= 4 is 33.2 Å². The molecule has 1 unspecified atom stereocenters. The van der Waals surface area contributed by atoms with E-state index in [0.29, 0.717) is 4.47 Å². The van der Waals surface area contributed by atoms with E-state index in [-0.39, 0.29) is 4.88 Å². The second-order valence-corrected chi connectivity index (χ2v) is 4.96. The Hall–Kier alpha value is -0.490. The molecule has 1 aromatic rings. The summed E-state index contributed by atoms with van der Waals surface area (Å²) in [6, 6.07) is 1.58. The van der Waals surface area contributed by atoms with E-state index in [2.05, 4.69) is 15.9 Å². The molecule has 76 valence electrons. The van der Waals surface area contributed by atoms with Crippen molar-refractivity contribution in [1.82, 2.24) is 0 Å². The summed E-state index contributed by atoms with van der Waals surface area (Å²) < 4.78 is 26.5. The SMILES string of the molecule is O=C(O)C1(c2sccc2Br)CC1(F)F. The molecule has 1 saturated carbocycles. The van der Waals surface area contributed by atoms with Gasteiger partial charge in [-0.05, 0) is 27.4 Å². The molecule has 14 heavy (non-hydrogen) atoms. The van der Waals surface area contributed by atoms with Crippen LogP contribution in [0.2, 0.25) is 0 Å². The van der Waals surface area contributed by atoms with Crippen molar-refractivity contribution in [2.24, 2.45) is 0 Å². The van der Waals surface area contributed by atoms with E-state index in [1.54, 1.807) is 11.4 Å². The Kier molecular flexibility index (Phi) is 1.98. The molecule has 0 bridgehead atoms. The van der Waals surface area contributed by atoms with Crippen molar-refractivity contribution in [2.75, 3.05) is 0 Å². The number of carboxylic acid groups (broad SMARTS) is 1. The molecule has 0 aliphatic heterocycles. The predicted octanol–water partition coefficient (Wildman–Crippen LogP) is 2.87. The van der Waals surface area contributed by atoms with E-state index in [1.165, 1.54) is 0 Å². The fraction of sp³-hybridized carbons (Fsp3) is 0.375. The quantitative estimate of drug-likeness (QED) is 0.906. The van der Waals surface area contributed by atoms with Crippen LogP contribution in [0.25, 0.3) is 0 Å². The molecular weight excluding hydrogens is 278 g/mol. The molecule has 1 fully saturated rings. The second-order valence-electron chi connectivity index (χ2n) is 3.19. The van der Waals surface area contributed by atoms with Gasteiger partial charge in [0.2, 0.25) is 0 Å². The number of thiophene rings is 1. The highest BCUT2D eigenvalue weighted by Gasteiger charge is 2.78. The van der Waals surface area contributed by atoms with Gasteiger partial charge >= 0.3 is 5.97 Å². The van der Waals surface area contributed by atoms with Gasteiger partial charge in [-0.25, -0.2) is 8.78 Å². The number of rotatable bonds is 2. The summed E-state index contributed by atoms with van der Waals surface area (Å²) in [6.45, 7) is 0. The first-order chi connectivity index (χ1) is 6.42. The number of carbonyl (C=O) groups is 1. The maximum atomic E-state index is 13.1. The Balaban J connectivity index is 2.52. The molecule has 1 aliphatic carbocycles. The molecule has 0 spiro atoms. The molecule has 1 aromatic heterocycles. The van der Waals surface area contributed by atoms with E-state index < -0.39 is 23.7 Å². The van der Waals surface area contributed by atoms with E-state index in [4.69, 9.17) is 5.11 Å². The summed E-state index contributed by atoms with van der Waals surface area (Å²) in [7, 11) is 0. The lowest BCUT2D eigenvalue weighted by atomic mass is 10.1. The summed E-state index contributed by atoms with van der Waals surface area (Å²) >= 11 is 4.12. The summed E-state index contributed by atoms with van der Waals surface area (Å²) in [5.41, 5.74) is -1.99. The number of aliphatic carboxylic acids is 1. The zero-order valence-corrected chi connectivity index (χ0v) is 9.16. The molecule has 1 aliphatic rings. The Morgan fingerprint density at radius 2 is 2.21 bits per heavy atom. The van der Waals surface area contributed by atoms with Gasteiger partial charge in [0, 0.05) is 15.8 Å². The number of alkyl halides is 2. The van der Waals surface area contributed by atoms with Crippen LogP contribution in [0, 0.1) is 0 Å². The molecule has 0 amide bonds. The van der Waals surface area contributed by atoms with Gasteiger partial charge in [-0.1, -0.05) is 0 Å². The maximum Gasteiger partial charge on any atom is 0.321 e. The van der Waals surface area contributed by atoms with Crippen molar-refractivity contribution in [1.29, 1.82) is 0 Å². The standard InChI is InChI=1S/C8H5BrF2O2S/c9-4-1-2-14-5(4)7(6(12)13)3-8(7,10)11/h1-2H,3H2,(H,12,13). The van der Waals surface area contributed by atoms with Crippen molar-refractivity contribution in [2.45, 2.75) is 17.8 Å². The topological polar surface area (TPSA) is 37.3 Å². The van der Waals surface area contributed by atoms with Gasteiger partial charge in [0.05, 0.1) is 0 Å². The third-order valence-electron chi connectivity index (χ3n) is 2.36. The highest BCUT2D eigenvalue weighted by molar-refractivity contribution is 9.10. The van der Waals surface area contributed by atoms with Crippen LogP contribution in [0.15, 0.2) is 15.9 Å². The summed E-state index contributed by atoms with van der Waals surface area (Å²) in [5, 5.41) is 10.4. The van der Waals surface area contributed by atoms with Crippen LogP contribution in [0.4, 0.5) is 8.78 Å². The van der Waals surface area contributed by atoms with E-state index in [9.17, 15) is 13.6 Å². The lowest BCUT2D eigenvalue weighted by Crippen LogP contribution is -2.26. The van der Waals surface area contributed by atoms with E-state index >= 15 is 0 Å². The minimum absolute atomic E-state index is 0.204. The molecule has 6 heteroatoms. The zero-order chi connectivity index (χ0) is 10.6. The molecule has 2 nitrogen and oxygen atoms in total. The Labute approximate surface area is 90.7 Å². The number of halogens is 3. The molecule has 1 atom stereocenters. The first-order valence-electron chi connectivity index (χ1n) is 3.76. The van der Waals surface area contributed by atoms with Crippen LogP contribution in [0.3, 0.4) is 0 Å².